The smallest absolute Gasteiger partial charge is 0.410 e. The van der Waals surface area contributed by atoms with Crippen LogP contribution in [-0.2, 0) is 14.3 Å². The Morgan fingerprint density at radius 3 is 2.48 bits per heavy atom. The zero-order valence-corrected chi connectivity index (χ0v) is 13.8. The molecule has 21 heavy (non-hydrogen) atoms. The first-order valence-electron chi connectivity index (χ1n) is 7.50. The van der Waals surface area contributed by atoms with Gasteiger partial charge in [0.15, 0.2) is 0 Å². The van der Waals surface area contributed by atoms with Crippen molar-refractivity contribution in [2.45, 2.75) is 58.7 Å². The Balaban J connectivity index is 2.59. The normalized spacial score (nSPS) is 24.0. The fourth-order valence-electron chi connectivity index (χ4n) is 2.22. The quantitative estimate of drug-likeness (QED) is 0.841. The molecule has 122 valence electrons. The number of nitrogens with zero attached hydrogens (tertiary/aromatic N) is 1. The lowest BCUT2D eigenvalue weighted by molar-refractivity contribution is -0.126. The van der Waals surface area contributed by atoms with Crippen LogP contribution >= 0.6 is 0 Å². The Bertz CT molecular complexity index is 392. The van der Waals surface area contributed by atoms with E-state index in [4.69, 9.17) is 15.2 Å². The maximum atomic E-state index is 12.1. The van der Waals surface area contributed by atoms with E-state index in [9.17, 15) is 9.59 Å². The van der Waals surface area contributed by atoms with E-state index in [0.29, 0.717) is 13.1 Å². The fourth-order valence-corrected chi connectivity index (χ4v) is 2.22. The molecule has 2 N–H and O–H groups in total. The Morgan fingerprint density at radius 2 is 2.00 bits per heavy atom. The third-order valence-corrected chi connectivity index (χ3v) is 3.74. The summed E-state index contributed by atoms with van der Waals surface area (Å²) in [5.41, 5.74) is 4.34. The number of amides is 2. The van der Waals surface area contributed by atoms with Gasteiger partial charge in [0.2, 0.25) is 5.91 Å². The zero-order valence-electron chi connectivity index (χ0n) is 13.8. The number of nitrogens with two attached hydrogens (primary N) is 1. The molecule has 6 nitrogen and oxygen atoms in total. The van der Waals surface area contributed by atoms with E-state index >= 15 is 0 Å². The molecule has 6 heteroatoms. The number of carbonyl (C=O) groups excluding carboxylic acids is 2. The third kappa shape index (κ3) is 5.19. The van der Waals surface area contributed by atoms with Crippen LogP contribution < -0.4 is 5.73 Å². The molecule has 0 aromatic rings. The minimum atomic E-state index is -0.504. The molecule has 1 fully saturated rings. The van der Waals surface area contributed by atoms with Crippen molar-refractivity contribution in [1.29, 1.82) is 0 Å². The number of ether oxygens (including phenoxy) is 2. The molecule has 1 aliphatic rings. The molecule has 0 saturated carbocycles. The molecule has 2 atom stereocenters. The maximum absolute atomic E-state index is 12.1. The van der Waals surface area contributed by atoms with E-state index in [1.54, 1.807) is 11.8 Å². The lowest BCUT2D eigenvalue weighted by Gasteiger charge is -2.30. The zero-order chi connectivity index (χ0) is 16.3. The largest absolute Gasteiger partial charge is 0.444 e. The van der Waals surface area contributed by atoms with Crippen LogP contribution in [0.2, 0.25) is 0 Å². The van der Waals surface area contributed by atoms with Crippen LogP contribution in [0.1, 0.15) is 47.5 Å². The molecular weight excluding hydrogens is 272 g/mol. The van der Waals surface area contributed by atoms with Crippen LogP contribution in [0.25, 0.3) is 0 Å². The summed E-state index contributed by atoms with van der Waals surface area (Å²) in [6, 6.07) is 0. The summed E-state index contributed by atoms with van der Waals surface area (Å²) in [5.74, 6) is -0.702. The van der Waals surface area contributed by atoms with Gasteiger partial charge >= 0.3 is 6.09 Å². The highest BCUT2D eigenvalue weighted by Crippen LogP contribution is 2.30. The van der Waals surface area contributed by atoms with Crippen molar-refractivity contribution in [2.75, 3.05) is 19.7 Å². The predicted octanol–water partition coefficient (Wildman–Crippen LogP) is 1.91. The first kappa shape index (κ1) is 17.8. The van der Waals surface area contributed by atoms with Crippen molar-refractivity contribution < 1.29 is 19.1 Å². The van der Waals surface area contributed by atoms with Gasteiger partial charge in [-0.25, -0.2) is 4.79 Å². The minimum absolute atomic E-state index is 0.283. The van der Waals surface area contributed by atoms with Crippen LogP contribution in [0.4, 0.5) is 4.79 Å². The third-order valence-electron chi connectivity index (χ3n) is 3.74. The number of rotatable bonds is 5. The number of primary amides is 1. The lowest BCUT2D eigenvalue weighted by atomic mass is 9.99. The molecule has 0 aromatic carbocycles. The summed E-state index contributed by atoms with van der Waals surface area (Å²) in [6.45, 7) is 10.7. The van der Waals surface area contributed by atoms with E-state index in [1.807, 2.05) is 27.7 Å². The summed E-state index contributed by atoms with van der Waals surface area (Å²) >= 11 is 0. The second-order valence-electron chi connectivity index (χ2n) is 6.80. The van der Waals surface area contributed by atoms with Crippen molar-refractivity contribution in [1.82, 2.24) is 4.90 Å². The molecule has 1 rings (SSSR count). The van der Waals surface area contributed by atoms with Gasteiger partial charge in [-0.3, -0.25) is 4.79 Å². The first-order valence-corrected chi connectivity index (χ1v) is 7.50. The number of hydrogen-bond acceptors (Lipinski definition) is 4. The molecule has 1 aliphatic heterocycles. The van der Waals surface area contributed by atoms with E-state index in [2.05, 4.69) is 0 Å². The summed E-state index contributed by atoms with van der Waals surface area (Å²) in [7, 11) is 0. The highest BCUT2D eigenvalue weighted by Gasteiger charge is 2.41. The summed E-state index contributed by atoms with van der Waals surface area (Å²) in [5, 5.41) is 0. The van der Waals surface area contributed by atoms with Crippen molar-refractivity contribution in [3.8, 4) is 0 Å². The highest BCUT2D eigenvalue weighted by atomic mass is 16.6. The summed E-state index contributed by atoms with van der Waals surface area (Å²) < 4.78 is 11.3. The van der Waals surface area contributed by atoms with Gasteiger partial charge in [0.1, 0.15) is 5.60 Å². The average molecular weight is 300 g/mol. The Labute approximate surface area is 126 Å². The van der Waals surface area contributed by atoms with Crippen molar-refractivity contribution in [3.63, 3.8) is 0 Å². The topological polar surface area (TPSA) is 81.9 Å². The fraction of sp³-hybridized carbons (Fsp3) is 0.867. The van der Waals surface area contributed by atoms with Gasteiger partial charge in [-0.2, -0.15) is 0 Å². The van der Waals surface area contributed by atoms with Crippen molar-refractivity contribution in [3.05, 3.63) is 0 Å². The molecule has 2 amide bonds. The molecule has 0 aliphatic carbocycles. The van der Waals surface area contributed by atoms with Crippen LogP contribution in [-0.4, -0.2) is 47.8 Å². The molecule has 0 spiro atoms. The Hall–Kier alpha value is -1.30. The number of likely N-dealkylation sites (tertiary alicyclic amines) is 1. The molecule has 0 aromatic heterocycles. The highest BCUT2D eigenvalue weighted by molar-refractivity contribution is 5.76. The van der Waals surface area contributed by atoms with Crippen LogP contribution in [0.15, 0.2) is 0 Å². The second-order valence-corrected chi connectivity index (χ2v) is 6.80. The van der Waals surface area contributed by atoms with E-state index in [-0.39, 0.29) is 24.5 Å². The molecule has 0 radical (unpaired) electrons. The number of hydrogen-bond donors (Lipinski definition) is 1. The number of carbonyl (C=O) groups is 2. The van der Waals surface area contributed by atoms with E-state index in [1.165, 1.54) is 0 Å². The van der Waals surface area contributed by atoms with Crippen molar-refractivity contribution >= 4 is 12.0 Å². The summed E-state index contributed by atoms with van der Waals surface area (Å²) in [4.78, 5) is 24.8. The SMILES string of the molecule is CCC1(OCC(C)C(N)=O)CCN(C(=O)OC(C)(C)C)C1. The van der Waals surface area contributed by atoms with Gasteiger partial charge in [0.05, 0.1) is 24.7 Å². The molecule has 2 unspecified atom stereocenters. The van der Waals surface area contributed by atoms with Gasteiger partial charge in [-0.15, -0.1) is 0 Å². The van der Waals surface area contributed by atoms with Gasteiger partial charge in [-0.05, 0) is 33.6 Å². The van der Waals surface area contributed by atoms with E-state index in [0.717, 1.165) is 12.8 Å². The Kier molecular flexibility index (Phi) is 5.61. The average Bonchev–Trinajstić information content (AvgIpc) is 2.79. The van der Waals surface area contributed by atoms with E-state index < -0.39 is 11.2 Å². The van der Waals surface area contributed by atoms with Gasteiger partial charge in [-0.1, -0.05) is 13.8 Å². The van der Waals surface area contributed by atoms with Gasteiger partial charge in [0.25, 0.3) is 0 Å². The lowest BCUT2D eigenvalue weighted by Crippen LogP contribution is -2.41. The Morgan fingerprint density at radius 1 is 1.38 bits per heavy atom. The standard InChI is InChI=1S/C15H28N2O4/c1-6-15(20-9-11(2)12(16)18)7-8-17(10-15)13(19)21-14(3,4)5/h11H,6-10H2,1-5H3,(H2,16,18). The maximum Gasteiger partial charge on any atom is 0.410 e. The summed E-state index contributed by atoms with van der Waals surface area (Å²) in [6.07, 6.45) is 1.20. The molecule has 1 heterocycles. The second kappa shape index (κ2) is 6.64. The minimum Gasteiger partial charge on any atom is -0.444 e. The van der Waals surface area contributed by atoms with Gasteiger partial charge in [0, 0.05) is 6.54 Å². The molecule has 1 saturated heterocycles. The predicted molar refractivity (Wildman–Crippen MR) is 79.8 cm³/mol. The van der Waals surface area contributed by atoms with Crippen LogP contribution in [0.3, 0.4) is 0 Å². The van der Waals surface area contributed by atoms with Crippen LogP contribution in [0, 0.1) is 5.92 Å². The van der Waals surface area contributed by atoms with Crippen molar-refractivity contribution in [2.24, 2.45) is 11.7 Å². The first-order chi connectivity index (χ1) is 9.58. The monoisotopic (exact) mass is 300 g/mol. The van der Waals surface area contributed by atoms with Crippen LogP contribution in [0.5, 0.6) is 0 Å². The molecular formula is C15H28N2O4. The van der Waals surface area contributed by atoms with Gasteiger partial charge < -0.3 is 20.1 Å². The molecule has 0 bridgehead atoms.